The Labute approximate surface area is 161 Å². The highest BCUT2D eigenvalue weighted by atomic mass is 32.1. The van der Waals surface area contributed by atoms with E-state index in [0.29, 0.717) is 25.4 Å². The number of rotatable bonds is 7. The van der Waals surface area contributed by atoms with Crippen LogP contribution < -0.4 is 10.1 Å². The van der Waals surface area contributed by atoms with Crippen molar-refractivity contribution in [1.82, 2.24) is 15.1 Å². The Morgan fingerprint density at radius 3 is 2.52 bits per heavy atom. The van der Waals surface area contributed by atoms with E-state index < -0.39 is 0 Å². The van der Waals surface area contributed by atoms with Gasteiger partial charge in [-0.1, -0.05) is 6.07 Å². The van der Waals surface area contributed by atoms with Gasteiger partial charge in [0.2, 0.25) is 0 Å². The number of ether oxygens (including phenoxy) is 1. The summed E-state index contributed by atoms with van der Waals surface area (Å²) in [6, 6.07) is 9.28. The van der Waals surface area contributed by atoms with Gasteiger partial charge in [-0.25, -0.2) is 4.39 Å². The minimum atomic E-state index is -0.344. The molecule has 1 aromatic carbocycles. The van der Waals surface area contributed by atoms with E-state index in [1.165, 1.54) is 35.6 Å². The Bertz CT molecular complexity index is 744. The van der Waals surface area contributed by atoms with E-state index >= 15 is 0 Å². The van der Waals surface area contributed by atoms with Crippen molar-refractivity contribution in [3.05, 3.63) is 52.5 Å². The lowest BCUT2D eigenvalue weighted by atomic mass is 10.3. The number of halogens is 1. The van der Waals surface area contributed by atoms with Gasteiger partial charge in [0.15, 0.2) is 6.61 Å². The second kappa shape index (κ2) is 9.48. The van der Waals surface area contributed by atoms with Crippen molar-refractivity contribution in [2.45, 2.75) is 0 Å². The molecule has 0 unspecified atom stereocenters. The average Bonchev–Trinajstić information content (AvgIpc) is 3.22. The third-order valence-corrected chi connectivity index (χ3v) is 5.18. The van der Waals surface area contributed by atoms with Gasteiger partial charge in [0.05, 0.1) is 4.88 Å². The summed E-state index contributed by atoms with van der Waals surface area (Å²) in [6.45, 7) is 4.11. The minimum absolute atomic E-state index is 0.0934. The van der Waals surface area contributed by atoms with Gasteiger partial charge < -0.3 is 15.0 Å². The number of hydrogen-bond donors (Lipinski definition) is 1. The molecular formula is C19H22FN3O3S. The molecule has 0 spiro atoms. The number of hydrogen-bond acceptors (Lipinski definition) is 5. The lowest BCUT2D eigenvalue weighted by Crippen LogP contribution is -2.50. The van der Waals surface area contributed by atoms with Crippen molar-refractivity contribution in [3.63, 3.8) is 0 Å². The fourth-order valence-electron chi connectivity index (χ4n) is 2.81. The van der Waals surface area contributed by atoms with Crippen LogP contribution in [-0.2, 0) is 4.79 Å². The lowest BCUT2D eigenvalue weighted by molar-refractivity contribution is -0.123. The summed E-state index contributed by atoms with van der Waals surface area (Å²) in [5.74, 6) is -0.0104. The van der Waals surface area contributed by atoms with Gasteiger partial charge >= 0.3 is 0 Å². The molecule has 144 valence electrons. The first kappa shape index (κ1) is 19.3. The van der Waals surface area contributed by atoms with Crippen LogP contribution in [0.3, 0.4) is 0 Å². The third kappa shape index (κ3) is 5.77. The van der Waals surface area contributed by atoms with Crippen LogP contribution in [0.25, 0.3) is 0 Å². The first-order chi connectivity index (χ1) is 13.1. The molecular weight excluding hydrogens is 369 g/mol. The molecule has 0 aliphatic carbocycles. The largest absolute Gasteiger partial charge is 0.484 e. The van der Waals surface area contributed by atoms with Crippen molar-refractivity contribution >= 4 is 23.2 Å². The number of piperazine rings is 1. The molecule has 0 bridgehead atoms. The molecule has 1 aliphatic heterocycles. The van der Waals surface area contributed by atoms with E-state index in [1.54, 1.807) is 0 Å². The maximum atomic E-state index is 12.8. The Balaban J connectivity index is 1.30. The van der Waals surface area contributed by atoms with Gasteiger partial charge in [0.25, 0.3) is 11.8 Å². The van der Waals surface area contributed by atoms with Crippen LogP contribution in [0.15, 0.2) is 41.8 Å². The quantitative estimate of drug-likeness (QED) is 0.782. The highest BCUT2D eigenvalue weighted by Gasteiger charge is 2.22. The zero-order valence-corrected chi connectivity index (χ0v) is 15.7. The predicted octanol–water partition coefficient (Wildman–Crippen LogP) is 1.84. The van der Waals surface area contributed by atoms with E-state index in [-0.39, 0.29) is 24.2 Å². The highest BCUT2D eigenvalue weighted by Crippen LogP contribution is 2.14. The number of carbonyl (C=O) groups is 2. The Morgan fingerprint density at radius 1 is 1.11 bits per heavy atom. The number of thiophene rings is 1. The summed E-state index contributed by atoms with van der Waals surface area (Å²) in [7, 11) is 0. The summed E-state index contributed by atoms with van der Waals surface area (Å²) in [5, 5.41) is 4.72. The molecule has 1 aliphatic rings. The summed E-state index contributed by atoms with van der Waals surface area (Å²) in [5.41, 5.74) is 0. The molecule has 1 saturated heterocycles. The van der Waals surface area contributed by atoms with Gasteiger partial charge in [0, 0.05) is 39.3 Å². The fraction of sp³-hybridized carbons (Fsp3) is 0.368. The number of amides is 2. The van der Waals surface area contributed by atoms with E-state index in [2.05, 4.69) is 10.2 Å². The van der Waals surface area contributed by atoms with Crippen LogP contribution in [-0.4, -0.2) is 67.5 Å². The zero-order chi connectivity index (χ0) is 19.1. The first-order valence-corrected chi connectivity index (χ1v) is 9.70. The molecule has 1 aromatic heterocycles. The molecule has 6 nitrogen and oxygen atoms in total. The molecule has 2 aromatic rings. The van der Waals surface area contributed by atoms with Gasteiger partial charge in [0.1, 0.15) is 11.6 Å². The van der Waals surface area contributed by atoms with Crippen LogP contribution in [0, 0.1) is 5.82 Å². The first-order valence-electron chi connectivity index (χ1n) is 8.82. The van der Waals surface area contributed by atoms with Crippen LogP contribution in [0.1, 0.15) is 9.67 Å². The Hall–Kier alpha value is -2.45. The number of benzene rings is 1. The van der Waals surface area contributed by atoms with E-state index in [0.717, 1.165) is 24.5 Å². The molecule has 0 saturated carbocycles. The maximum absolute atomic E-state index is 12.8. The number of nitrogens with one attached hydrogen (secondary N) is 1. The average molecular weight is 391 g/mol. The van der Waals surface area contributed by atoms with Crippen LogP contribution in [0.2, 0.25) is 0 Å². The topological polar surface area (TPSA) is 61.9 Å². The molecule has 0 radical (unpaired) electrons. The van der Waals surface area contributed by atoms with Crippen molar-refractivity contribution in [2.75, 3.05) is 45.9 Å². The normalized spacial score (nSPS) is 14.8. The Morgan fingerprint density at radius 2 is 1.85 bits per heavy atom. The Kier molecular flexibility index (Phi) is 6.78. The summed E-state index contributed by atoms with van der Waals surface area (Å²) >= 11 is 1.46. The minimum Gasteiger partial charge on any atom is -0.484 e. The van der Waals surface area contributed by atoms with Crippen molar-refractivity contribution in [1.29, 1.82) is 0 Å². The smallest absolute Gasteiger partial charge is 0.264 e. The molecule has 1 fully saturated rings. The molecule has 3 rings (SSSR count). The number of carbonyl (C=O) groups excluding carboxylic acids is 2. The highest BCUT2D eigenvalue weighted by molar-refractivity contribution is 7.12. The number of nitrogens with zero attached hydrogens (tertiary/aromatic N) is 2. The molecule has 1 N–H and O–H groups in total. The van der Waals surface area contributed by atoms with Crippen LogP contribution in [0.5, 0.6) is 5.75 Å². The summed E-state index contributed by atoms with van der Waals surface area (Å²) in [4.78, 5) is 29.0. The van der Waals surface area contributed by atoms with E-state index in [9.17, 15) is 14.0 Å². The summed E-state index contributed by atoms with van der Waals surface area (Å²) in [6.07, 6.45) is 0. The second-order valence-corrected chi connectivity index (χ2v) is 7.15. The molecule has 27 heavy (non-hydrogen) atoms. The van der Waals surface area contributed by atoms with Crippen molar-refractivity contribution in [2.24, 2.45) is 0 Å². The zero-order valence-electron chi connectivity index (χ0n) is 14.9. The van der Waals surface area contributed by atoms with Crippen LogP contribution in [0.4, 0.5) is 4.39 Å². The lowest BCUT2D eigenvalue weighted by Gasteiger charge is -2.34. The second-order valence-electron chi connectivity index (χ2n) is 6.20. The van der Waals surface area contributed by atoms with Gasteiger partial charge in [-0.3, -0.25) is 14.5 Å². The molecule has 2 heterocycles. The maximum Gasteiger partial charge on any atom is 0.264 e. The monoisotopic (exact) mass is 391 g/mol. The van der Waals surface area contributed by atoms with E-state index in [4.69, 9.17) is 4.74 Å². The van der Waals surface area contributed by atoms with Gasteiger partial charge in [-0.15, -0.1) is 11.3 Å². The van der Waals surface area contributed by atoms with E-state index in [1.807, 2.05) is 22.4 Å². The van der Waals surface area contributed by atoms with Crippen molar-refractivity contribution in [3.8, 4) is 5.75 Å². The SMILES string of the molecule is O=C(COc1ccc(F)cc1)NCCN1CCN(C(=O)c2cccs2)CC1. The van der Waals surface area contributed by atoms with Gasteiger partial charge in [-0.2, -0.15) is 0 Å². The molecule has 8 heteroatoms. The molecule has 0 atom stereocenters. The fourth-order valence-corrected chi connectivity index (χ4v) is 3.51. The van der Waals surface area contributed by atoms with Crippen LogP contribution >= 0.6 is 11.3 Å². The van der Waals surface area contributed by atoms with Gasteiger partial charge in [-0.05, 0) is 35.7 Å². The van der Waals surface area contributed by atoms with Crippen molar-refractivity contribution < 1.29 is 18.7 Å². The summed E-state index contributed by atoms with van der Waals surface area (Å²) < 4.78 is 18.1. The predicted molar refractivity (Wildman–Crippen MR) is 102 cm³/mol. The molecule has 2 amide bonds. The standard InChI is InChI=1S/C19H22FN3O3S/c20-15-3-5-16(6-4-15)26-14-18(24)21-7-8-22-9-11-23(12-10-22)19(25)17-2-1-13-27-17/h1-6,13H,7-12,14H2,(H,21,24). The third-order valence-electron chi connectivity index (χ3n) is 4.33.